The van der Waals surface area contributed by atoms with Crippen LogP contribution in [0.5, 0.6) is 0 Å². The topological polar surface area (TPSA) is 51.2 Å². The van der Waals surface area contributed by atoms with Gasteiger partial charge in [0, 0.05) is 0 Å². The van der Waals surface area contributed by atoms with Crippen molar-refractivity contribution in [1.29, 1.82) is 0 Å². The summed E-state index contributed by atoms with van der Waals surface area (Å²) >= 11 is 0. The zero-order chi connectivity index (χ0) is 16.2. The minimum atomic E-state index is -0.835. The Bertz CT molecular complexity index is 773. The number of carbonyl (C=O) groups excluding carboxylic acids is 3. The van der Waals surface area contributed by atoms with Gasteiger partial charge in [0.15, 0.2) is 5.78 Å². The predicted octanol–water partition coefficient (Wildman–Crippen LogP) is 3.04. The van der Waals surface area contributed by atoms with E-state index in [2.05, 4.69) is 0 Å². The van der Waals surface area contributed by atoms with Crippen LogP contribution in [0, 0.1) is 5.92 Å². The van der Waals surface area contributed by atoms with Crippen LogP contribution in [0.2, 0.25) is 0 Å². The number of hydrogen-bond donors (Lipinski definition) is 0. The third-order valence-electron chi connectivity index (χ3n) is 4.04. The minimum Gasteiger partial charge on any atom is -0.293 e. The molecule has 1 unspecified atom stereocenters. The zero-order valence-electron chi connectivity index (χ0n) is 12.6. The molecule has 3 heteroatoms. The van der Waals surface area contributed by atoms with Crippen LogP contribution >= 0.6 is 0 Å². The number of Topliss-reactive ketones (excluding diaryl/α,β-unsaturated/α-hetero) is 3. The van der Waals surface area contributed by atoms with E-state index in [1.54, 1.807) is 12.1 Å². The molecule has 2 aromatic rings. The van der Waals surface area contributed by atoms with Crippen molar-refractivity contribution in [2.75, 3.05) is 0 Å². The molecule has 0 amide bonds. The Balaban J connectivity index is 1.78. The van der Waals surface area contributed by atoms with E-state index in [4.69, 9.17) is 0 Å². The molecule has 0 spiro atoms. The number of carbonyl (C=O) groups is 3. The fourth-order valence-electron chi connectivity index (χ4n) is 2.78. The molecule has 0 saturated heterocycles. The van der Waals surface area contributed by atoms with Crippen LogP contribution in [0.25, 0.3) is 6.08 Å². The van der Waals surface area contributed by atoms with Crippen molar-refractivity contribution in [2.45, 2.75) is 12.8 Å². The van der Waals surface area contributed by atoms with Crippen molar-refractivity contribution in [2.24, 2.45) is 5.92 Å². The number of allylic oxidation sites excluding steroid dienone is 1. The Morgan fingerprint density at radius 2 is 1.39 bits per heavy atom. The second-order valence-corrected chi connectivity index (χ2v) is 5.60. The SMILES string of the molecule is O=C1C(=O)C(CCc2ccccc2)C(=O)/C1=C\c1ccccc1. The predicted molar refractivity (Wildman–Crippen MR) is 87.7 cm³/mol. The van der Waals surface area contributed by atoms with Gasteiger partial charge < -0.3 is 0 Å². The van der Waals surface area contributed by atoms with E-state index in [0.29, 0.717) is 12.8 Å². The van der Waals surface area contributed by atoms with Crippen molar-refractivity contribution in [3.63, 3.8) is 0 Å². The number of hydrogen-bond acceptors (Lipinski definition) is 3. The van der Waals surface area contributed by atoms with Crippen molar-refractivity contribution in [3.8, 4) is 0 Å². The van der Waals surface area contributed by atoms with Crippen molar-refractivity contribution < 1.29 is 14.4 Å². The molecule has 0 bridgehead atoms. The molecule has 1 aliphatic rings. The lowest BCUT2D eigenvalue weighted by atomic mass is 9.96. The van der Waals surface area contributed by atoms with Crippen LogP contribution in [0.15, 0.2) is 66.2 Å². The quantitative estimate of drug-likeness (QED) is 0.377. The molecule has 1 fully saturated rings. The Kier molecular flexibility index (Phi) is 4.29. The number of aryl methyl sites for hydroxylation is 1. The molecule has 1 aliphatic carbocycles. The van der Waals surface area contributed by atoms with Gasteiger partial charge in [0.1, 0.15) is 0 Å². The van der Waals surface area contributed by atoms with Crippen LogP contribution in [0.1, 0.15) is 17.5 Å². The first-order valence-corrected chi connectivity index (χ1v) is 7.60. The van der Waals surface area contributed by atoms with Gasteiger partial charge >= 0.3 is 0 Å². The highest BCUT2D eigenvalue weighted by atomic mass is 16.2. The monoisotopic (exact) mass is 304 g/mol. The maximum absolute atomic E-state index is 12.4. The van der Waals surface area contributed by atoms with Gasteiger partial charge in [-0.1, -0.05) is 60.7 Å². The Morgan fingerprint density at radius 1 is 0.783 bits per heavy atom. The molecule has 3 nitrogen and oxygen atoms in total. The van der Waals surface area contributed by atoms with Gasteiger partial charge in [-0.3, -0.25) is 14.4 Å². The van der Waals surface area contributed by atoms with Crippen molar-refractivity contribution in [1.82, 2.24) is 0 Å². The van der Waals surface area contributed by atoms with Crippen LogP contribution < -0.4 is 0 Å². The highest BCUT2D eigenvalue weighted by Gasteiger charge is 2.43. The summed E-state index contributed by atoms with van der Waals surface area (Å²) in [6.45, 7) is 0. The summed E-state index contributed by atoms with van der Waals surface area (Å²) in [7, 11) is 0. The number of rotatable bonds is 4. The lowest BCUT2D eigenvalue weighted by molar-refractivity contribution is -0.135. The van der Waals surface area contributed by atoms with Crippen molar-refractivity contribution >= 4 is 23.4 Å². The minimum absolute atomic E-state index is 0.0132. The molecule has 1 atom stereocenters. The summed E-state index contributed by atoms with van der Waals surface area (Å²) in [6, 6.07) is 18.8. The first kappa shape index (κ1) is 15.1. The average Bonchev–Trinajstić information content (AvgIpc) is 2.79. The smallest absolute Gasteiger partial charge is 0.232 e. The Labute approximate surface area is 134 Å². The first-order valence-electron chi connectivity index (χ1n) is 7.60. The maximum Gasteiger partial charge on any atom is 0.232 e. The fourth-order valence-corrected chi connectivity index (χ4v) is 2.78. The molecule has 1 saturated carbocycles. The van der Waals surface area contributed by atoms with Crippen LogP contribution in [-0.2, 0) is 20.8 Å². The lowest BCUT2D eigenvalue weighted by Crippen LogP contribution is -2.17. The normalized spacial score (nSPS) is 19.6. The highest BCUT2D eigenvalue weighted by molar-refractivity contribution is 6.60. The van der Waals surface area contributed by atoms with Gasteiger partial charge in [0.2, 0.25) is 11.6 Å². The third-order valence-corrected chi connectivity index (χ3v) is 4.04. The van der Waals surface area contributed by atoms with E-state index in [0.717, 1.165) is 11.1 Å². The van der Waals surface area contributed by atoms with E-state index in [9.17, 15) is 14.4 Å². The van der Waals surface area contributed by atoms with Crippen LogP contribution in [0.3, 0.4) is 0 Å². The maximum atomic E-state index is 12.4. The zero-order valence-corrected chi connectivity index (χ0v) is 12.6. The van der Waals surface area contributed by atoms with E-state index in [1.807, 2.05) is 48.5 Å². The second kappa shape index (κ2) is 6.53. The molecule has 0 heterocycles. The standard InChI is InChI=1S/C20H16O3/c21-18-16(12-11-14-7-3-1-4-8-14)19(22)20(23)17(18)13-15-9-5-2-6-10-15/h1-10,13,16H,11-12H2/b17-13+. The van der Waals surface area contributed by atoms with Gasteiger partial charge in [-0.25, -0.2) is 0 Å². The van der Waals surface area contributed by atoms with E-state index in [1.165, 1.54) is 6.08 Å². The van der Waals surface area contributed by atoms with Crippen molar-refractivity contribution in [3.05, 3.63) is 77.4 Å². The molecule has 0 radical (unpaired) electrons. The average molecular weight is 304 g/mol. The summed E-state index contributed by atoms with van der Waals surface area (Å²) in [5.74, 6) is -2.41. The summed E-state index contributed by atoms with van der Waals surface area (Å²) in [5, 5.41) is 0. The molecule has 0 N–H and O–H groups in total. The number of ketones is 3. The molecular weight excluding hydrogens is 288 g/mol. The summed E-state index contributed by atoms with van der Waals surface area (Å²) in [4.78, 5) is 36.7. The number of benzene rings is 2. The van der Waals surface area contributed by atoms with Crippen LogP contribution in [-0.4, -0.2) is 17.3 Å². The van der Waals surface area contributed by atoms with Gasteiger partial charge in [-0.15, -0.1) is 0 Å². The molecule has 114 valence electrons. The summed E-state index contributed by atoms with van der Waals surface area (Å²) in [6.07, 6.45) is 2.50. The summed E-state index contributed by atoms with van der Waals surface area (Å²) < 4.78 is 0. The second-order valence-electron chi connectivity index (χ2n) is 5.60. The van der Waals surface area contributed by atoms with E-state index in [-0.39, 0.29) is 11.4 Å². The van der Waals surface area contributed by atoms with Gasteiger partial charge in [0.25, 0.3) is 0 Å². The Morgan fingerprint density at radius 3 is 2.04 bits per heavy atom. The van der Waals surface area contributed by atoms with Gasteiger partial charge in [-0.05, 0) is 30.0 Å². The van der Waals surface area contributed by atoms with Gasteiger partial charge in [-0.2, -0.15) is 0 Å². The third kappa shape index (κ3) is 3.19. The van der Waals surface area contributed by atoms with Crippen LogP contribution in [0.4, 0.5) is 0 Å². The van der Waals surface area contributed by atoms with E-state index >= 15 is 0 Å². The molecule has 23 heavy (non-hydrogen) atoms. The molecular formula is C20H16O3. The fraction of sp³-hybridized carbons (Fsp3) is 0.150. The molecule has 3 rings (SSSR count). The van der Waals surface area contributed by atoms with E-state index < -0.39 is 17.5 Å². The van der Waals surface area contributed by atoms with Gasteiger partial charge in [0.05, 0.1) is 11.5 Å². The highest BCUT2D eigenvalue weighted by Crippen LogP contribution is 2.26. The largest absolute Gasteiger partial charge is 0.293 e. The lowest BCUT2D eigenvalue weighted by Gasteiger charge is -2.05. The Hall–Kier alpha value is -2.81. The summed E-state index contributed by atoms with van der Waals surface area (Å²) in [5.41, 5.74) is 1.82. The first-order chi connectivity index (χ1) is 11.2. The molecule has 2 aromatic carbocycles. The molecule has 0 aliphatic heterocycles. The molecule has 0 aromatic heterocycles.